The topological polar surface area (TPSA) is 66.7 Å². The Bertz CT molecular complexity index is 1320. The summed E-state index contributed by atoms with van der Waals surface area (Å²) in [6.45, 7) is 12.1. The van der Waals surface area contributed by atoms with E-state index in [-0.39, 0.29) is 29.6 Å². The monoisotopic (exact) mass is 604 g/mol. The molecule has 2 aromatic carbocycles. The molecule has 0 spiro atoms. The van der Waals surface area contributed by atoms with Crippen LogP contribution in [0.4, 0.5) is 0 Å². The van der Waals surface area contributed by atoms with Crippen molar-refractivity contribution >= 4 is 40.7 Å². The average Bonchev–Trinajstić information content (AvgIpc) is 3.34. The van der Waals surface area contributed by atoms with E-state index in [0.717, 1.165) is 5.69 Å². The summed E-state index contributed by atoms with van der Waals surface area (Å²) in [4.78, 5) is 20.6. The number of hydrogen-bond donors (Lipinski definition) is 0. The van der Waals surface area contributed by atoms with E-state index in [1.165, 1.54) is 5.56 Å². The summed E-state index contributed by atoms with van der Waals surface area (Å²) < 4.78 is 7.53. The van der Waals surface area contributed by atoms with Crippen LogP contribution in [0.3, 0.4) is 0 Å². The standard InChI is InChI=1S/C29H35Cl3N6O2/c1-19-12-35(28(39)26-17-40-18-29(3,4)37(26)14-21-8-6-5-7-9-21)13-20(2)36(19)15-23-16-38(34-33-23)27-24(31)10-22(30)11-25(27)32/h5-11,16,19-20,26H,12-15,17-18H2,1-4H3/t19-,20+,26?. The molecule has 0 aliphatic carbocycles. The second-order valence-electron chi connectivity index (χ2n) is 11.4. The third-order valence-corrected chi connectivity index (χ3v) is 8.67. The summed E-state index contributed by atoms with van der Waals surface area (Å²) in [6, 6.07) is 13.5. The molecule has 40 heavy (non-hydrogen) atoms. The van der Waals surface area contributed by atoms with Gasteiger partial charge in [0.15, 0.2) is 0 Å². The lowest BCUT2D eigenvalue weighted by Gasteiger charge is -2.50. The normalized spacial score (nSPS) is 23.9. The predicted octanol–water partition coefficient (Wildman–Crippen LogP) is 5.33. The largest absolute Gasteiger partial charge is 0.377 e. The molecule has 2 aliphatic rings. The summed E-state index contributed by atoms with van der Waals surface area (Å²) >= 11 is 18.8. The zero-order chi connectivity index (χ0) is 28.6. The highest BCUT2D eigenvalue weighted by atomic mass is 35.5. The molecule has 0 radical (unpaired) electrons. The molecule has 3 atom stereocenters. The summed E-state index contributed by atoms with van der Waals surface area (Å²) in [5.41, 5.74) is 2.27. The van der Waals surface area contributed by atoms with Crippen molar-refractivity contribution in [3.8, 4) is 5.69 Å². The quantitative estimate of drug-likeness (QED) is 0.379. The smallest absolute Gasteiger partial charge is 0.242 e. The van der Waals surface area contributed by atoms with E-state index < -0.39 is 0 Å². The van der Waals surface area contributed by atoms with Gasteiger partial charge in [0.2, 0.25) is 5.91 Å². The van der Waals surface area contributed by atoms with E-state index in [9.17, 15) is 4.79 Å². The van der Waals surface area contributed by atoms with Crippen LogP contribution in [0.5, 0.6) is 0 Å². The van der Waals surface area contributed by atoms with Gasteiger partial charge in [-0.05, 0) is 45.4 Å². The van der Waals surface area contributed by atoms with Crippen LogP contribution in [0.2, 0.25) is 15.1 Å². The lowest BCUT2D eigenvalue weighted by atomic mass is 9.96. The van der Waals surface area contributed by atoms with Crippen molar-refractivity contribution in [3.05, 3.63) is 75.0 Å². The van der Waals surface area contributed by atoms with Gasteiger partial charge in [-0.15, -0.1) is 5.10 Å². The molecule has 1 amide bonds. The Labute approximate surface area is 250 Å². The van der Waals surface area contributed by atoms with Crippen LogP contribution < -0.4 is 0 Å². The fraction of sp³-hybridized carbons (Fsp3) is 0.483. The Hall–Kier alpha value is -2.20. The minimum atomic E-state index is -0.330. The lowest BCUT2D eigenvalue weighted by molar-refractivity contribution is -0.158. The molecule has 1 unspecified atom stereocenters. The Balaban J connectivity index is 1.27. The maximum atomic E-state index is 14.0. The Morgan fingerprint density at radius 3 is 2.33 bits per heavy atom. The van der Waals surface area contributed by atoms with Crippen LogP contribution in [0, 0.1) is 0 Å². The Kier molecular flexibility index (Phi) is 8.76. The van der Waals surface area contributed by atoms with Crippen molar-refractivity contribution in [2.24, 2.45) is 0 Å². The number of ether oxygens (including phenoxy) is 1. The van der Waals surface area contributed by atoms with Gasteiger partial charge in [0.1, 0.15) is 11.7 Å². The highest BCUT2D eigenvalue weighted by Gasteiger charge is 2.44. The zero-order valence-corrected chi connectivity index (χ0v) is 25.5. The van der Waals surface area contributed by atoms with E-state index in [0.29, 0.717) is 60.1 Å². The molecule has 11 heteroatoms. The van der Waals surface area contributed by atoms with Crippen LogP contribution >= 0.6 is 34.8 Å². The lowest BCUT2D eigenvalue weighted by Crippen LogP contribution is -2.66. The third kappa shape index (κ3) is 6.17. The predicted molar refractivity (Wildman–Crippen MR) is 158 cm³/mol. The molecule has 8 nitrogen and oxygen atoms in total. The van der Waals surface area contributed by atoms with Gasteiger partial charge in [-0.3, -0.25) is 14.6 Å². The van der Waals surface area contributed by atoms with Crippen LogP contribution in [0.15, 0.2) is 48.7 Å². The number of halogens is 3. The first-order valence-electron chi connectivity index (χ1n) is 13.5. The third-order valence-electron chi connectivity index (χ3n) is 7.87. The molecule has 0 bridgehead atoms. The number of carbonyl (C=O) groups excluding carboxylic acids is 1. The van der Waals surface area contributed by atoms with Crippen molar-refractivity contribution in [2.75, 3.05) is 26.3 Å². The van der Waals surface area contributed by atoms with E-state index >= 15 is 0 Å². The summed E-state index contributed by atoms with van der Waals surface area (Å²) in [7, 11) is 0. The van der Waals surface area contributed by atoms with Crippen LogP contribution in [-0.4, -0.2) is 85.6 Å². The van der Waals surface area contributed by atoms with Crippen molar-refractivity contribution in [1.82, 2.24) is 29.7 Å². The maximum Gasteiger partial charge on any atom is 0.242 e. The first-order chi connectivity index (χ1) is 19.0. The number of aromatic nitrogens is 3. The minimum absolute atomic E-state index is 0.125. The minimum Gasteiger partial charge on any atom is -0.377 e. The summed E-state index contributed by atoms with van der Waals surface area (Å²) in [6.07, 6.45) is 1.83. The SMILES string of the molecule is C[C@@H]1CN(C(=O)C2COCC(C)(C)N2Cc2ccccc2)C[C@H](C)N1Cc1cn(-c2c(Cl)cc(Cl)cc2Cl)nn1. The van der Waals surface area contributed by atoms with Gasteiger partial charge in [-0.2, -0.15) is 0 Å². The number of hydrogen-bond acceptors (Lipinski definition) is 6. The fourth-order valence-corrected chi connectivity index (χ4v) is 6.79. The van der Waals surface area contributed by atoms with Crippen LogP contribution in [-0.2, 0) is 22.6 Å². The number of benzene rings is 2. The summed E-state index contributed by atoms with van der Waals surface area (Å²) in [5.74, 6) is 0.125. The van der Waals surface area contributed by atoms with Gasteiger partial charge in [0, 0.05) is 48.8 Å². The highest BCUT2D eigenvalue weighted by Crippen LogP contribution is 2.32. The molecule has 2 aliphatic heterocycles. The van der Waals surface area contributed by atoms with Crippen LogP contribution in [0.1, 0.15) is 39.0 Å². The maximum absolute atomic E-state index is 14.0. The van der Waals surface area contributed by atoms with Crippen molar-refractivity contribution in [2.45, 2.75) is 64.4 Å². The molecule has 5 rings (SSSR count). The molecule has 0 N–H and O–H groups in total. The Morgan fingerprint density at radius 1 is 1.02 bits per heavy atom. The van der Waals surface area contributed by atoms with Gasteiger partial charge in [0.25, 0.3) is 0 Å². The molecule has 2 fully saturated rings. The Morgan fingerprint density at radius 2 is 1.68 bits per heavy atom. The molecular weight excluding hydrogens is 571 g/mol. The molecule has 214 valence electrons. The second kappa shape index (κ2) is 12.0. The van der Waals surface area contributed by atoms with E-state index in [1.54, 1.807) is 16.8 Å². The molecule has 3 aromatic rings. The number of carbonyl (C=O) groups is 1. The number of nitrogens with zero attached hydrogens (tertiary/aromatic N) is 6. The fourth-order valence-electron chi connectivity index (χ4n) is 5.80. The zero-order valence-electron chi connectivity index (χ0n) is 23.2. The molecular formula is C29H35Cl3N6O2. The molecule has 0 saturated carbocycles. The summed E-state index contributed by atoms with van der Waals surface area (Å²) in [5, 5.41) is 9.89. The number of piperazine rings is 1. The van der Waals surface area contributed by atoms with Crippen molar-refractivity contribution < 1.29 is 9.53 Å². The number of amides is 1. The van der Waals surface area contributed by atoms with Crippen molar-refractivity contribution in [1.29, 1.82) is 0 Å². The number of rotatable bonds is 6. The average molecular weight is 606 g/mol. The second-order valence-corrected chi connectivity index (χ2v) is 12.7. The molecule has 3 heterocycles. The highest BCUT2D eigenvalue weighted by molar-refractivity contribution is 6.40. The van der Waals surface area contributed by atoms with Gasteiger partial charge < -0.3 is 9.64 Å². The van der Waals surface area contributed by atoms with Gasteiger partial charge in [0.05, 0.1) is 35.1 Å². The molecule has 1 aromatic heterocycles. The van der Waals surface area contributed by atoms with Crippen molar-refractivity contribution in [3.63, 3.8) is 0 Å². The van der Waals surface area contributed by atoms with E-state index in [4.69, 9.17) is 39.5 Å². The van der Waals surface area contributed by atoms with E-state index in [2.05, 4.69) is 59.9 Å². The molecule has 2 saturated heterocycles. The van der Waals surface area contributed by atoms with E-state index in [1.807, 2.05) is 29.3 Å². The van der Waals surface area contributed by atoms with Gasteiger partial charge in [-0.25, -0.2) is 4.68 Å². The van der Waals surface area contributed by atoms with Crippen LogP contribution in [0.25, 0.3) is 5.69 Å². The first-order valence-corrected chi connectivity index (χ1v) is 14.7. The number of morpholine rings is 1. The first kappa shape index (κ1) is 29.3. The van der Waals surface area contributed by atoms with Gasteiger partial charge >= 0.3 is 0 Å². The van der Waals surface area contributed by atoms with Gasteiger partial charge in [-0.1, -0.05) is 70.3 Å².